The highest BCUT2D eigenvalue weighted by atomic mass is 16.5. The first kappa shape index (κ1) is 16.3. The van der Waals surface area contributed by atoms with Crippen molar-refractivity contribution >= 4 is 5.91 Å². The van der Waals surface area contributed by atoms with Crippen LogP contribution in [-0.2, 0) is 19.0 Å². The van der Waals surface area contributed by atoms with Gasteiger partial charge in [0.2, 0.25) is 5.91 Å². The summed E-state index contributed by atoms with van der Waals surface area (Å²) in [5.41, 5.74) is 5.25. The van der Waals surface area contributed by atoms with Crippen LogP contribution in [0.1, 0.15) is 13.3 Å². The molecule has 3 N–H and O–H groups in total. The fourth-order valence-electron chi connectivity index (χ4n) is 1.01. The van der Waals surface area contributed by atoms with Gasteiger partial charge in [0, 0.05) is 19.5 Å². The molecule has 6 nitrogen and oxygen atoms in total. The third-order valence-corrected chi connectivity index (χ3v) is 1.90. The predicted molar refractivity (Wildman–Crippen MR) is 64.8 cm³/mol. The van der Waals surface area contributed by atoms with Crippen molar-refractivity contribution in [3.63, 3.8) is 0 Å². The van der Waals surface area contributed by atoms with E-state index in [9.17, 15) is 4.79 Å². The molecule has 0 aromatic rings. The minimum absolute atomic E-state index is 0.0434. The van der Waals surface area contributed by atoms with Crippen LogP contribution in [0.2, 0.25) is 0 Å². The lowest BCUT2D eigenvalue weighted by Gasteiger charge is -2.07. The van der Waals surface area contributed by atoms with E-state index in [4.69, 9.17) is 19.9 Å². The van der Waals surface area contributed by atoms with E-state index < -0.39 is 0 Å². The van der Waals surface area contributed by atoms with E-state index in [1.54, 1.807) is 0 Å². The molecular formula is C11H24N2O4. The van der Waals surface area contributed by atoms with Crippen LogP contribution in [0.4, 0.5) is 0 Å². The van der Waals surface area contributed by atoms with Gasteiger partial charge < -0.3 is 25.3 Å². The predicted octanol–water partition coefficient (Wildman–Crippen LogP) is -0.479. The summed E-state index contributed by atoms with van der Waals surface area (Å²) in [5.74, 6) is 0.0434. The van der Waals surface area contributed by atoms with Crippen molar-refractivity contribution in [2.45, 2.75) is 13.3 Å². The Kier molecular flexibility index (Phi) is 12.8. The summed E-state index contributed by atoms with van der Waals surface area (Å²) in [7, 11) is 0. The number of hydrogen-bond acceptors (Lipinski definition) is 5. The number of ether oxygens (including phenoxy) is 3. The van der Waals surface area contributed by atoms with Crippen LogP contribution >= 0.6 is 0 Å². The average molecular weight is 248 g/mol. The SMILES string of the molecule is CCC(=O)NCCOCCOCCOCCN. The minimum Gasteiger partial charge on any atom is -0.378 e. The summed E-state index contributed by atoms with van der Waals surface area (Å²) in [6.45, 7) is 6.15. The normalized spacial score (nSPS) is 10.5. The molecule has 0 atom stereocenters. The fraction of sp³-hybridized carbons (Fsp3) is 0.909. The lowest BCUT2D eigenvalue weighted by atomic mass is 10.4. The minimum atomic E-state index is 0.0434. The molecule has 6 heteroatoms. The molecule has 0 aromatic carbocycles. The first-order valence-corrected chi connectivity index (χ1v) is 6.01. The largest absolute Gasteiger partial charge is 0.378 e. The Morgan fingerprint density at radius 2 is 1.53 bits per heavy atom. The molecule has 0 heterocycles. The van der Waals surface area contributed by atoms with Crippen molar-refractivity contribution in [2.75, 3.05) is 52.7 Å². The summed E-state index contributed by atoms with van der Waals surface area (Å²) in [4.78, 5) is 10.9. The van der Waals surface area contributed by atoms with E-state index >= 15 is 0 Å². The molecule has 0 unspecified atom stereocenters. The molecule has 0 aliphatic heterocycles. The van der Waals surface area contributed by atoms with Gasteiger partial charge in [0.15, 0.2) is 0 Å². The van der Waals surface area contributed by atoms with Crippen LogP contribution in [-0.4, -0.2) is 58.6 Å². The second-order valence-corrected chi connectivity index (χ2v) is 3.33. The molecule has 0 aromatic heterocycles. The third kappa shape index (κ3) is 13.2. The highest BCUT2D eigenvalue weighted by Gasteiger charge is 1.95. The molecule has 0 rings (SSSR count). The van der Waals surface area contributed by atoms with Gasteiger partial charge in [-0.1, -0.05) is 6.92 Å². The molecule has 0 spiro atoms. The Balaban J connectivity index is 2.96. The van der Waals surface area contributed by atoms with Gasteiger partial charge in [0.25, 0.3) is 0 Å². The molecule has 0 saturated heterocycles. The van der Waals surface area contributed by atoms with Crippen LogP contribution in [0.5, 0.6) is 0 Å². The molecule has 0 aliphatic carbocycles. The van der Waals surface area contributed by atoms with Gasteiger partial charge in [-0.15, -0.1) is 0 Å². The van der Waals surface area contributed by atoms with Gasteiger partial charge >= 0.3 is 0 Å². The Morgan fingerprint density at radius 3 is 2.06 bits per heavy atom. The number of carbonyl (C=O) groups excluding carboxylic acids is 1. The van der Waals surface area contributed by atoms with Gasteiger partial charge in [0.1, 0.15) is 0 Å². The van der Waals surface area contributed by atoms with Gasteiger partial charge in [-0.05, 0) is 0 Å². The molecule has 0 bridgehead atoms. The standard InChI is InChI=1S/C11H24N2O4/c1-2-11(14)13-4-6-16-8-10-17-9-7-15-5-3-12/h2-10,12H2,1H3,(H,13,14). The quantitative estimate of drug-likeness (QED) is 0.456. The number of rotatable bonds is 12. The fourth-order valence-corrected chi connectivity index (χ4v) is 1.01. The van der Waals surface area contributed by atoms with Gasteiger partial charge in [-0.3, -0.25) is 4.79 Å². The molecule has 1 amide bonds. The van der Waals surface area contributed by atoms with Crippen molar-refractivity contribution in [1.82, 2.24) is 5.32 Å². The van der Waals surface area contributed by atoms with Crippen molar-refractivity contribution in [3.8, 4) is 0 Å². The second-order valence-electron chi connectivity index (χ2n) is 3.33. The summed E-state index contributed by atoms with van der Waals surface area (Å²) < 4.78 is 15.6. The third-order valence-electron chi connectivity index (χ3n) is 1.90. The number of hydrogen-bond donors (Lipinski definition) is 2. The molecule has 0 aliphatic rings. The van der Waals surface area contributed by atoms with E-state index in [-0.39, 0.29) is 5.91 Å². The van der Waals surface area contributed by atoms with Crippen molar-refractivity contribution < 1.29 is 19.0 Å². The van der Waals surface area contributed by atoms with E-state index in [0.717, 1.165) is 0 Å². The Morgan fingerprint density at radius 1 is 1.00 bits per heavy atom. The first-order chi connectivity index (χ1) is 8.31. The molecular weight excluding hydrogens is 224 g/mol. The molecule has 0 fully saturated rings. The summed E-state index contributed by atoms with van der Waals surface area (Å²) >= 11 is 0. The maximum atomic E-state index is 10.9. The highest BCUT2D eigenvalue weighted by molar-refractivity contribution is 5.75. The van der Waals surface area contributed by atoms with E-state index in [1.165, 1.54) is 0 Å². The summed E-state index contributed by atoms with van der Waals surface area (Å²) in [6.07, 6.45) is 0.506. The lowest BCUT2D eigenvalue weighted by Crippen LogP contribution is -2.26. The van der Waals surface area contributed by atoms with Gasteiger partial charge in [0.05, 0.1) is 39.6 Å². The van der Waals surface area contributed by atoms with Crippen LogP contribution in [0, 0.1) is 0 Å². The topological polar surface area (TPSA) is 82.8 Å². The second kappa shape index (κ2) is 13.4. The zero-order chi connectivity index (χ0) is 12.8. The molecule has 17 heavy (non-hydrogen) atoms. The zero-order valence-electron chi connectivity index (χ0n) is 10.6. The van der Waals surface area contributed by atoms with Crippen LogP contribution in [0.3, 0.4) is 0 Å². The lowest BCUT2D eigenvalue weighted by molar-refractivity contribution is -0.121. The first-order valence-electron chi connectivity index (χ1n) is 6.01. The smallest absolute Gasteiger partial charge is 0.219 e. The monoisotopic (exact) mass is 248 g/mol. The van der Waals surface area contributed by atoms with Crippen LogP contribution in [0.25, 0.3) is 0 Å². The van der Waals surface area contributed by atoms with Gasteiger partial charge in [-0.2, -0.15) is 0 Å². The van der Waals surface area contributed by atoms with Gasteiger partial charge in [-0.25, -0.2) is 0 Å². The molecule has 0 radical (unpaired) electrons. The van der Waals surface area contributed by atoms with Crippen molar-refractivity contribution in [1.29, 1.82) is 0 Å². The van der Waals surface area contributed by atoms with E-state index in [0.29, 0.717) is 59.2 Å². The maximum Gasteiger partial charge on any atom is 0.219 e. The molecule has 102 valence electrons. The van der Waals surface area contributed by atoms with E-state index in [2.05, 4.69) is 5.32 Å². The van der Waals surface area contributed by atoms with E-state index in [1.807, 2.05) is 6.92 Å². The highest BCUT2D eigenvalue weighted by Crippen LogP contribution is 1.81. The maximum absolute atomic E-state index is 10.9. The Hall–Kier alpha value is -0.690. The van der Waals surface area contributed by atoms with Crippen molar-refractivity contribution in [3.05, 3.63) is 0 Å². The van der Waals surface area contributed by atoms with Crippen LogP contribution in [0.15, 0.2) is 0 Å². The Bertz CT molecular complexity index is 179. The molecule has 0 saturated carbocycles. The van der Waals surface area contributed by atoms with Crippen LogP contribution < -0.4 is 11.1 Å². The van der Waals surface area contributed by atoms with Crippen molar-refractivity contribution in [2.24, 2.45) is 5.73 Å². The average Bonchev–Trinajstić information content (AvgIpc) is 2.35. The number of nitrogens with one attached hydrogen (secondary N) is 1. The Labute approximate surface area is 103 Å². The summed E-state index contributed by atoms with van der Waals surface area (Å²) in [6, 6.07) is 0. The summed E-state index contributed by atoms with van der Waals surface area (Å²) in [5, 5.41) is 2.72. The zero-order valence-corrected chi connectivity index (χ0v) is 10.6. The number of nitrogens with two attached hydrogens (primary N) is 1. The number of amides is 1. The number of carbonyl (C=O) groups is 1.